The Bertz CT molecular complexity index is 1320. The maximum Gasteiger partial charge on any atom is 0.433 e. The predicted octanol–water partition coefficient (Wildman–Crippen LogP) is 4.38. The van der Waals surface area contributed by atoms with E-state index in [1.165, 1.54) is 23.1 Å². The Hall–Kier alpha value is -3.67. The number of carbonyl (C=O) groups is 2. The van der Waals surface area contributed by atoms with Crippen molar-refractivity contribution < 1.29 is 27.2 Å². The highest BCUT2D eigenvalue weighted by molar-refractivity contribution is 7.21. The fourth-order valence-electron chi connectivity index (χ4n) is 3.16. The highest BCUT2D eigenvalue weighted by Crippen LogP contribution is 2.43. The maximum atomic E-state index is 13.4. The zero-order chi connectivity index (χ0) is 23.2. The molecule has 0 fully saturated rings. The van der Waals surface area contributed by atoms with E-state index in [9.17, 15) is 22.8 Å². The summed E-state index contributed by atoms with van der Waals surface area (Å²) in [5.74, 6) is -1.34. The van der Waals surface area contributed by atoms with Crippen molar-refractivity contribution in [3.05, 3.63) is 53.0 Å². The van der Waals surface area contributed by atoms with Crippen molar-refractivity contribution in [2.45, 2.75) is 26.1 Å². The lowest BCUT2D eigenvalue weighted by atomic mass is 10.1. The summed E-state index contributed by atoms with van der Waals surface area (Å²) in [5, 5.41) is 6.95. The number of halogens is 3. The van der Waals surface area contributed by atoms with Gasteiger partial charge in [-0.05, 0) is 38.1 Å². The topological polar surface area (TPSA) is 116 Å². The van der Waals surface area contributed by atoms with E-state index >= 15 is 0 Å². The van der Waals surface area contributed by atoms with Crippen LogP contribution in [0.3, 0.4) is 0 Å². The lowest BCUT2D eigenvalue weighted by Crippen LogP contribution is -2.25. The van der Waals surface area contributed by atoms with Gasteiger partial charge in [-0.3, -0.25) is 14.3 Å². The molecule has 1 unspecified atom stereocenters. The minimum absolute atomic E-state index is 0.0222. The zero-order valence-corrected chi connectivity index (χ0v) is 17.5. The van der Waals surface area contributed by atoms with Crippen LogP contribution in [0.15, 0.2) is 41.1 Å². The number of pyridine rings is 1. The summed E-state index contributed by atoms with van der Waals surface area (Å²) in [7, 11) is 0. The Labute approximate surface area is 182 Å². The fourth-order valence-corrected chi connectivity index (χ4v) is 4.17. The number of thiophene rings is 1. The van der Waals surface area contributed by atoms with E-state index in [-0.39, 0.29) is 32.1 Å². The number of amides is 2. The third-order valence-corrected chi connectivity index (χ3v) is 5.83. The van der Waals surface area contributed by atoms with Gasteiger partial charge < -0.3 is 15.5 Å². The van der Waals surface area contributed by atoms with Crippen LogP contribution in [0.2, 0.25) is 0 Å². The van der Waals surface area contributed by atoms with Gasteiger partial charge in [0.2, 0.25) is 5.91 Å². The third-order valence-electron chi connectivity index (χ3n) is 4.73. The number of anilines is 1. The van der Waals surface area contributed by atoms with Gasteiger partial charge in [-0.15, -0.1) is 11.3 Å². The third kappa shape index (κ3) is 3.84. The van der Waals surface area contributed by atoms with Gasteiger partial charge in [-0.2, -0.15) is 18.3 Å². The van der Waals surface area contributed by atoms with Crippen LogP contribution in [-0.2, 0) is 11.0 Å². The number of rotatable bonds is 5. The van der Waals surface area contributed by atoms with E-state index in [1.54, 1.807) is 26.1 Å². The molecule has 4 rings (SSSR count). The van der Waals surface area contributed by atoms with Gasteiger partial charge in [-0.1, -0.05) is 0 Å². The molecule has 2 amide bonds. The van der Waals surface area contributed by atoms with E-state index in [0.717, 1.165) is 6.07 Å². The number of aryl methyl sites for hydroxylation is 1. The second-order valence-electron chi connectivity index (χ2n) is 6.98. The highest BCUT2D eigenvalue weighted by Gasteiger charge is 2.35. The molecule has 3 N–H and O–H groups in total. The molecule has 166 valence electrons. The minimum Gasteiger partial charge on any atom is -0.464 e. The van der Waals surface area contributed by atoms with Crippen molar-refractivity contribution >= 4 is 39.1 Å². The Morgan fingerprint density at radius 1 is 1.31 bits per heavy atom. The first kappa shape index (κ1) is 21.6. The maximum absolute atomic E-state index is 13.4. The number of nitrogens with zero attached hydrogens (tertiary/aromatic N) is 3. The fraction of sp³-hybridized carbons (Fsp3) is 0.200. The quantitative estimate of drug-likeness (QED) is 0.456. The van der Waals surface area contributed by atoms with Crippen molar-refractivity contribution in [3.8, 4) is 11.3 Å². The molecule has 0 spiro atoms. The number of nitrogens with two attached hydrogens (primary N) is 1. The molecule has 4 heterocycles. The number of carbonyl (C=O) groups excluding carboxylic acids is 2. The van der Waals surface area contributed by atoms with Gasteiger partial charge >= 0.3 is 6.18 Å². The molecule has 0 aliphatic rings. The van der Waals surface area contributed by atoms with Crippen molar-refractivity contribution in [1.82, 2.24) is 14.8 Å². The Balaban J connectivity index is 1.90. The average Bonchev–Trinajstić information content (AvgIpc) is 3.46. The minimum atomic E-state index is -4.73. The van der Waals surface area contributed by atoms with E-state index in [2.05, 4.69) is 15.4 Å². The molecule has 0 radical (unpaired) electrons. The molecule has 1 atom stereocenters. The molecular formula is C20H16F3N5O3S. The first-order valence-corrected chi connectivity index (χ1v) is 10.1. The van der Waals surface area contributed by atoms with Gasteiger partial charge in [-0.25, -0.2) is 4.98 Å². The summed E-state index contributed by atoms with van der Waals surface area (Å²) in [6.45, 7) is 3.35. The van der Waals surface area contributed by atoms with Crippen molar-refractivity contribution in [1.29, 1.82) is 0 Å². The van der Waals surface area contributed by atoms with Crippen LogP contribution in [0, 0.1) is 6.92 Å². The van der Waals surface area contributed by atoms with Crippen LogP contribution in [-0.4, -0.2) is 26.6 Å². The Morgan fingerprint density at radius 3 is 2.62 bits per heavy atom. The summed E-state index contributed by atoms with van der Waals surface area (Å²) < 4.78 is 47.1. The largest absolute Gasteiger partial charge is 0.464 e. The number of hydrogen-bond acceptors (Lipinski definition) is 6. The number of nitrogens with one attached hydrogen (secondary N) is 1. The van der Waals surface area contributed by atoms with Crippen LogP contribution < -0.4 is 11.1 Å². The van der Waals surface area contributed by atoms with E-state index in [4.69, 9.17) is 10.2 Å². The smallest absolute Gasteiger partial charge is 0.433 e. The molecule has 4 aromatic heterocycles. The van der Waals surface area contributed by atoms with E-state index in [0.29, 0.717) is 17.0 Å². The molecule has 8 nitrogen and oxygen atoms in total. The molecule has 0 saturated heterocycles. The molecule has 0 saturated carbocycles. The number of hydrogen-bond donors (Lipinski definition) is 2. The second kappa shape index (κ2) is 7.79. The molecule has 0 bridgehead atoms. The summed E-state index contributed by atoms with van der Waals surface area (Å²) >= 11 is 0.663. The first-order valence-electron chi connectivity index (χ1n) is 9.27. The number of alkyl halides is 3. The molecule has 0 aromatic carbocycles. The molecule has 32 heavy (non-hydrogen) atoms. The number of aromatic nitrogens is 3. The van der Waals surface area contributed by atoms with Crippen LogP contribution in [0.5, 0.6) is 0 Å². The molecule has 12 heteroatoms. The second-order valence-corrected chi connectivity index (χ2v) is 7.98. The molecule has 0 aliphatic heterocycles. The first-order chi connectivity index (χ1) is 15.1. The van der Waals surface area contributed by atoms with Gasteiger partial charge in [0.05, 0.1) is 17.6 Å². The summed E-state index contributed by atoms with van der Waals surface area (Å²) in [6, 6.07) is 4.74. The van der Waals surface area contributed by atoms with Gasteiger partial charge in [0, 0.05) is 17.1 Å². The van der Waals surface area contributed by atoms with Crippen LogP contribution in [0.4, 0.5) is 18.9 Å². The van der Waals surface area contributed by atoms with Crippen LogP contribution in [0.1, 0.15) is 34.0 Å². The molecular weight excluding hydrogens is 447 g/mol. The summed E-state index contributed by atoms with van der Waals surface area (Å²) in [4.78, 5) is 28.4. The molecule has 0 aliphatic carbocycles. The number of primary amides is 1. The SMILES string of the molecule is Cc1ccn(C(C)C(=O)Nc2c(C(N)=O)sc3nc(C(F)(F)F)cc(-c4ccco4)c23)n1. The van der Waals surface area contributed by atoms with Gasteiger partial charge in [0.25, 0.3) is 5.91 Å². The Morgan fingerprint density at radius 2 is 2.06 bits per heavy atom. The lowest BCUT2D eigenvalue weighted by molar-refractivity contribution is -0.140. The monoisotopic (exact) mass is 463 g/mol. The predicted molar refractivity (Wildman–Crippen MR) is 111 cm³/mol. The van der Waals surface area contributed by atoms with Crippen molar-refractivity contribution in [3.63, 3.8) is 0 Å². The lowest BCUT2D eigenvalue weighted by Gasteiger charge is -2.14. The summed E-state index contributed by atoms with van der Waals surface area (Å²) in [5.41, 5.74) is 5.01. The van der Waals surface area contributed by atoms with Crippen molar-refractivity contribution in [2.75, 3.05) is 5.32 Å². The number of furan rings is 1. The standard InChI is InChI=1S/C20H16F3N5O3S/c1-9-5-6-28(27-9)10(2)18(30)26-15-14-11(12-4-3-7-31-12)8-13(20(21,22)23)25-19(14)32-16(15)17(24)29/h3-8,10H,1-2H3,(H2,24,29)(H,26,30). The van der Waals surface area contributed by atoms with Crippen LogP contribution >= 0.6 is 11.3 Å². The average molecular weight is 463 g/mol. The number of fused-ring (bicyclic) bond motifs is 1. The normalized spacial score (nSPS) is 12.8. The van der Waals surface area contributed by atoms with E-state index in [1.807, 2.05) is 0 Å². The van der Waals surface area contributed by atoms with Gasteiger partial charge in [0.15, 0.2) is 0 Å². The summed E-state index contributed by atoms with van der Waals surface area (Å²) in [6.07, 6.45) is -1.81. The van der Waals surface area contributed by atoms with E-state index < -0.39 is 29.7 Å². The molecule has 4 aromatic rings. The van der Waals surface area contributed by atoms with Crippen LogP contribution in [0.25, 0.3) is 21.5 Å². The van der Waals surface area contributed by atoms with Gasteiger partial charge in [0.1, 0.15) is 27.2 Å². The highest BCUT2D eigenvalue weighted by atomic mass is 32.1. The van der Waals surface area contributed by atoms with Crippen molar-refractivity contribution in [2.24, 2.45) is 5.73 Å². The zero-order valence-electron chi connectivity index (χ0n) is 16.7. The Kier molecular flexibility index (Phi) is 5.25.